The van der Waals surface area contributed by atoms with Crippen molar-refractivity contribution in [1.29, 1.82) is 0 Å². The largest absolute Gasteiger partial charge is 0.369 e. The molecular weight excluding hydrogens is 250 g/mol. The topological polar surface area (TPSA) is 46.3 Å². The lowest BCUT2D eigenvalue weighted by Crippen LogP contribution is -2.39. The molecule has 2 rings (SSSR count). The maximum absolute atomic E-state index is 13.7. The van der Waals surface area contributed by atoms with E-state index in [-0.39, 0.29) is 24.7 Å². The van der Waals surface area contributed by atoms with Crippen LogP contribution >= 0.6 is 0 Å². The Morgan fingerprint density at radius 1 is 1.32 bits per heavy atom. The number of hydrogen-bond donors (Lipinski definition) is 1. The number of nitrogens with two attached hydrogens (primary N) is 1. The molecule has 0 aliphatic heterocycles. The molecule has 1 fully saturated rings. The van der Waals surface area contributed by atoms with Crippen molar-refractivity contribution in [3.8, 4) is 0 Å². The first-order valence-corrected chi connectivity index (χ1v) is 6.53. The minimum absolute atomic E-state index is 0.0839. The number of amides is 1. The average molecular weight is 268 g/mol. The van der Waals surface area contributed by atoms with Gasteiger partial charge in [-0.25, -0.2) is 8.78 Å². The van der Waals surface area contributed by atoms with Gasteiger partial charge in [0.25, 0.3) is 0 Å². The molecule has 0 atom stereocenters. The Bertz CT molecular complexity index is 459. The number of halogens is 2. The van der Waals surface area contributed by atoms with Crippen LogP contribution in [0.2, 0.25) is 0 Å². The van der Waals surface area contributed by atoms with Gasteiger partial charge in [0.1, 0.15) is 0 Å². The van der Waals surface area contributed by atoms with Crippen molar-refractivity contribution in [2.45, 2.75) is 38.3 Å². The summed E-state index contributed by atoms with van der Waals surface area (Å²) >= 11 is 0. The number of nitrogens with zero attached hydrogens (tertiary/aromatic N) is 1. The summed E-state index contributed by atoms with van der Waals surface area (Å²) in [6, 6.07) is 4.34. The molecule has 5 heteroatoms. The van der Waals surface area contributed by atoms with Crippen LogP contribution in [0.4, 0.5) is 8.78 Å². The van der Waals surface area contributed by atoms with E-state index >= 15 is 0 Å². The first-order valence-electron chi connectivity index (χ1n) is 6.53. The second kappa shape index (κ2) is 6.10. The minimum atomic E-state index is -0.858. The highest BCUT2D eigenvalue weighted by Crippen LogP contribution is 2.25. The fraction of sp³-hybridized carbons (Fsp3) is 0.500. The van der Waals surface area contributed by atoms with Crippen LogP contribution in [-0.2, 0) is 11.3 Å². The highest BCUT2D eigenvalue weighted by Gasteiger charge is 2.25. The summed E-state index contributed by atoms with van der Waals surface area (Å²) in [5.74, 6) is -2.14. The zero-order valence-electron chi connectivity index (χ0n) is 10.7. The smallest absolute Gasteiger partial charge is 0.231 e. The fourth-order valence-corrected chi connectivity index (χ4v) is 2.67. The predicted molar refractivity (Wildman–Crippen MR) is 68.2 cm³/mol. The van der Waals surface area contributed by atoms with Gasteiger partial charge in [0.05, 0.1) is 6.54 Å². The summed E-state index contributed by atoms with van der Waals surface area (Å²) in [5, 5.41) is 0. The Balaban J connectivity index is 2.14. The van der Waals surface area contributed by atoms with Crippen molar-refractivity contribution in [3.05, 3.63) is 35.4 Å². The molecule has 0 aromatic heterocycles. The first-order chi connectivity index (χ1) is 9.08. The maximum Gasteiger partial charge on any atom is 0.231 e. The summed E-state index contributed by atoms with van der Waals surface area (Å²) in [6.45, 7) is 0.303. The van der Waals surface area contributed by atoms with E-state index in [4.69, 9.17) is 5.73 Å². The van der Waals surface area contributed by atoms with Crippen molar-refractivity contribution in [2.24, 2.45) is 5.73 Å². The maximum atomic E-state index is 13.7. The Morgan fingerprint density at radius 2 is 2.00 bits per heavy atom. The molecule has 1 aliphatic carbocycles. The number of benzene rings is 1. The molecule has 3 nitrogen and oxygen atoms in total. The van der Waals surface area contributed by atoms with Gasteiger partial charge in [-0.15, -0.1) is 0 Å². The van der Waals surface area contributed by atoms with Crippen LogP contribution in [-0.4, -0.2) is 23.4 Å². The van der Waals surface area contributed by atoms with Crippen molar-refractivity contribution < 1.29 is 13.6 Å². The van der Waals surface area contributed by atoms with E-state index in [0.717, 1.165) is 31.7 Å². The zero-order chi connectivity index (χ0) is 13.8. The molecular formula is C14H18F2N2O. The third-order valence-electron chi connectivity index (χ3n) is 3.61. The first kappa shape index (κ1) is 13.9. The van der Waals surface area contributed by atoms with Crippen molar-refractivity contribution in [2.75, 3.05) is 6.54 Å². The van der Waals surface area contributed by atoms with Gasteiger partial charge in [0.15, 0.2) is 11.6 Å². The van der Waals surface area contributed by atoms with Crippen LogP contribution in [0.15, 0.2) is 18.2 Å². The molecule has 2 N–H and O–H groups in total. The highest BCUT2D eigenvalue weighted by atomic mass is 19.2. The van der Waals surface area contributed by atoms with Gasteiger partial charge in [-0.2, -0.15) is 0 Å². The summed E-state index contributed by atoms with van der Waals surface area (Å²) < 4.78 is 26.9. The number of primary amides is 1. The molecule has 0 unspecified atom stereocenters. The highest BCUT2D eigenvalue weighted by molar-refractivity contribution is 5.75. The molecule has 19 heavy (non-hydrogen) atoms. The zero-order valence-corrected chi connectivity index (χ0v) is 10.7. The number of rotatable bonds is 5. The quantitative estimate of drug-likeness (QED) is 0.889. The second-order valence-corrected chi connectivity index (χ2v) is 5.02. The SMILES string of the molecule is NC(=O)CN(Cc1cccc(F)c1F)C1CCCC1. The monoisotopic (exact) mass is 268 g/mol. The summed E-state index contributed by atoms with van der Waals surface area (Å²) in [4.78, 5) is 13.0. The Labute approximate surface area is 111 Å². The normalized spacial score (nSPS) is 16.2. The average Bonchev–Trinajstić information content (AvgIpc) is 2.87. The molecule has 1 aromatic carbocycles. The van der Waals surface area contributed by atoms with Crippen LogP contribution < -0.4 is 5.73 Å². The van der Waals surface area contributed by atoms with Crippen LogP contribution in [0.5, 0.6) is 0 Å². The van der Waals surface area contributed by atoms with Crippen molar-refractivity contribution in [3.63, 3.8) is 0 Å². The van der Waals surface area contributed by atoms with Crippen molar-refractivity contribution >= 4 is 5.91 Å². The predicted octanol–water partition coefficient (Wildman–Crippen LogP) is 2.19. The fourth-order valence-electron chi connectivity index (χ4n) is 2.67. The van der Waals surface area contributed by atoms with Gasteiger partial charge in [-0.1, -0.05) is 25.0 Å². The number of carbonyl (C=O) groups is 1. The number of carbonyl (C=O) groups excluding carboxylic acids is 1. The summed E-state index contributed by atoms with van der Waals surface area (Å²) in [5.41, 5.74) is 5.51. The molecule has 1 aliphatic rings. The van der Waals surface area contributed by atoms with E-state index in [1.807, 2.05) is 4.90 Å². The van der Waals surface area contributed by atoms with E-state index in [1.54, 1.807) is 6.07 Å². The van der Waals surface area contributed by atoms with Crippen LogP contribution in [0.1, 0.15) is 31.2 Å². The second-order valence-electron chi connectivity index (χ2n) is 5.02. The Hall–Kier alpha value is -1.49. The van der Waals surface area contributed by atoms with E-state index in [9.17, 15) is 13.6 Å². The molecule has 104 valence electrons. The molecule has 1 amide bonds. The summed E-state index contributed by atoms with van der Waals surface area (Å²) in [7, 11) is 0. The van der Waals surface area contributed by atoms with Gasteiger partial charge in [0.2, 0.25) is 5.91 Å². The molecule has 0 heterocycles. The van der Waals surface area contributed by atoms with Gasteiger partial charge < -0.3 is 5.73 Å². The standard InChI is InChI=1S/C14H18F2N2O/c15-12-7-3-4-10(14(12)16)8-18(9-13(17)19)11-5-1-2-6-11/h3-4,7,11H,1-2,5-6,8-9H2,(H2,17,19). The molecule has 0 spiro atoms. The van der Waals surface area contributed by atoms with Crippen LogP contribution in [0.3, 0.4) is 0 Å². The third-order valence-corrected chi connectivity index (χ3v) is 3.61. The molecule has 0 radical (unpaired) electrons. The lowest BCUT2D eigenvalue weighted by molar-refractivity contribution is -0.119. The Kier molecular flexibility index (Phi) is 4.47. The van der Waals surface area contributed by atoms with Gasteiger partial charge in [-0.05, 0) is 18.9 Å². The van der Waals surface area contributed by atoms with Crippen molar-refractivity contribution in [1.82, 2.24) is 4.90 Å². The number of hydrogen-bond acceptors (Lipinski definition) is 2. The van der Waals surface area contributed by atoms with Crippen LogP contribution in [0.25, 0.3) is 0 Å². The van der Waals surface area contributed by atoms with Gasteiger partial charge >= 0.3 is 0 Å². The van der Waals surface area contributed by atoms with E-state index < -0.39 is 17.5 Å². The molecule has 0 bridgehead atoms. The van der Waals surface area contributed by atoms with E-state index in [1.165, 1.54) is 6.07 Å². The molecule has 0 saturated heterocycles. The lowest BCUT2D eigenvalue weighted by Gasteiger charge is -2.27. The third kappa shape index (κ3) is 3.50. The van der Waals surface area contributed by atoms with Gasteiger partial charge in [0, 0.05) is 18.2 Å². The summed E-state index contributed by atoms with van der Waals surface area (Å²) in [6.07, 6.45) is 4.16. The molecule has 1 saturated carbocycles. The van der Waals surface area contributed by atoms with E-state index in [0.29, 0.717) is 0 Å². The molecule has 1 aromatic rings. The van der Waals surface area contributed by atoms with Gasteiger partial charge in [-0.3, -0.25) is 9.69 Å². The minimum Gasteiger partial charge on any atom is -0.369 e. The van der Waals surface area contributed by atoms with E-state index in [2.05, 4.69) is 0 Å². The Morgan fingerprint density at radius 3 is 2.63 bits per heavy atom. The lowest BCUT2D eigenvalue weighted by atomic mass is 10.1. The van der Waals surface area contributed by atoms with Crippen LogP contribution in [0, 0.1) is 11.6 Å².